The summed E-state index contributed by atoms with van der Waals surface area (Å²) in [6, 6.07) is 16.5. The van der Waals surface area contributed by atoms with Crippen molar-refractivity contribution in [3.05, 3.63) is 59.7 Å². The highest BCUT2D eigenvalue weighted by atomic mass is 32.2. The molecular formula is C22H30N2O4S. The molecule has 0 radical (unpaired) electrons. The lowest BCUT2D eigenvalue weighted by Gasteiger charge is -2.34. The average molecular weight is 419 g/mol. The lowest BCUT2D eigenvalue weighted by molar-refractivity contribution is 0.217. The molecule has 0 bridgehead atoms. The van der Waals surface area contributed by atoms with Gasteiger partial charge in [0, 0.05) is 24.1 Å². The average Bonchev–Trinajstić information content (AvgIpc) is 2.72. The first-order valence-corrected chi connectivity index (χ1v) is 11.8. The summed E-state index contributed by atoms with van der Waals surface area (Å²) in [6.07, 6.45) is 1.50. The zero-order chi connectivity index (χ0) is 20.7. The fourth-order valence-electron chi connectivity index (χ4n) is 3.66. The van der Waals surface area contributed by atoms with E-state index in [1.54, 1.807) is 0 Å². The van der Waals surface area contributed by atoms with Crippen molar-refractivity contribution in [3.8, 4) is 11.5 Å². The molecule has 2 aromatic carbocycles. The number of sulfonamides is 1. The third-order valence-electron chi connectivity index (χ3n) is 5.12. The fourth-order valence-corrected chi connectivity index (χ4v) is 4.74. The van der Waals surface area contributed by atoms with Gasteiger partial charge in [0.05, 0.1) is 5.75 Å². The van der Waals surface area contributed by atoms with Crippen LogP contribution in [0.4, 0.5) is 0 Å². The summed E-state index contributed by atoms with van der Waals surface area (Å²) in [7, 11) is -1.25. The zero-order valence-electron chi connectivity index (χ0n) is 17.1. The van der Waals surface area contributed by atoms with Gasteiger partial charge in [0.1, 0.15) is 24.7 Å². The van der Waals surface area contributed by atoms with Crippen molar-refractivity contribution in [1.82, 2.24) is 10.0 Å². The number of fused-ring (bicyclic) bond motifs is 1. The van der Waals surface area contributed by atoms with Crippen molar-refractivity contribution >= 4 is 10.0 Å². The van der Waals surface area contributed by atoms with E-state index in [1.165, 1.54) is 5.56 Å². The quantitative estimate of drug-likeness (QED) is 0.580. The van der Waals surface area contributed by atoms with Gasteiger partial charge in [-0.05, 0) is 43.7 Å². The monoisotopic (exact) mass is 418 g/mol. The Morgan fingerprint density at radius 2 is 1.97 bits per heavy atom. The van der Waals surface area contributed by atoms with Gasteiger partial charge in [0.25, 0.3) is 0 Å². The van der Waals surface area contributed by atoms with E-state index >= 15 is 0 Å². The van der Waals surface area contributed by atoms with Crippen LogP contribution in [0.1, 0.15) is 30.4 Å². The summed E-state index contributed by atoms with van der Waals surface area (Å²) in [4.78, 5) is 0. The topological polar surface area (TPSA) is 76.7 Å². The summed E-state index contributed by atoms with van der Waals surface area (Å²) in [6.45, 7) is 3.00. The van der Waals surface area contributed by atoms with E-state index in [2.05, 4.69) is 34.3 Å². The highest BCUT2D eigenvalue weighted by Gasteiger charge is 2.30. The molecule has 0 aromatic heterocycles. The third kappa shape index (κ3) is 5.95. The van der Waals surface area contributed by atoms with Crippen LogP contribution in [0, 0.1) is 0 Å². The molecule has 0 spiro atoms. The molecule has 2 aromatic rings. The minimum Gasteiger partial charge on any atom is -0.492 e. The molecule has 1 aliphatic heterocycles. The minimum atomic E-state index is -3.21. The standard InChI is InChI=1S/C22H30N2O4S/c1-3-13-29(25,26)24-11-12-27-18-9-10-22-20(15-18)19(21(23-2)16-28-22)14-17-7-5-4-6-8-17/h4-10,15,19,21,23-24H,3,11-14,16H2,1-2H3/t19-,21+/m1/s1. The number of hydrogen-bond acceptors (Lipinski definition) is 5. The lowest BCUT2D eigenvalue weighted by atomic mass is 9.84. The maximum atomic E-state index is 11.7. The molecule has 2 atom stereocenters. The van der Waals surface area contributed by atoms with Crippen LogP contribution >= 0.6 is 0 Å². The van der Waals surface area contributed by atoms with E-state index in [0.717, 1.165) is 23.5 Å². The van der Waals surface area contributed by atoms with E-state index in [9.17, 15) is 8.42 Å². The van der Waals surface area contributed by atoms with Crippen LogP contribution in [0.15, 0.2) is 48.5 Å². The van der Waals surface area contributed by atoms with Gasteiger partial charge in [-0.1, -0.05) is 37.3 Å². The van der Waals surface area contributed by atoms with Crippen molar-refractivity contribution in [2.24, 2.45) is 0 Å². The van der Waals surface area contributed by atoms with Crippen LogP contribution in [0.2, 0.25) is 0 Å². The second-order valence-corrected chi connectivity index (χ2v) is 9.19. The van der Waals surface area contributed by atoms with Gasteiger partial charge < -0.3 is 14.8 Å². The van der Waals surface area contributed by atoms with Gasteiger partial charge in [-0.2, -0.15) is 0 Å². The molecule has 6 nitrogen and oxygen atoms in total. The molecule has 1 heterocycles. The second kappa shape index (κ2) is 10.1. The first kappa shape index (κ1) is 21.6. The Hall–Kier alpha value is -2.09. The Labute approximate surface area is 173 Å². The molecule has 1 aliphatic rings. The molecule has 29 heavy (non-hydrogen) atoms. The van der Waals surface area contributed by atoms with Gasteiger partial charge in [0.2, 0.25) is 10.0 Å². The summed E-state index contributed by atoms with van der Waals surface area (Å²) >= 11 is 0. The maximum Gasteiger partial charge on any atom is 0.211 e. The summed E-state index contributed by atoms with van der Waals surface area (Å²) in [5, 5.41) is 3.37. The lowest BCUT2D eigenvalue weighted by Crippen LogP contribution is -2.41. The van der Waals surface area contributed by atoms with Crippen LogP contribution in [0.25, 0.3) is 0 Å². The van der Waals surface area contributed by atoms with E-state index in [1.807, 2.05) is 38.2 Å². The smallest absolute Gasteiger partial charge is 0.211 e. The molecular weight excluding hydrogens is 388 g/mol. The third-order valence-corrected chi connectivity index (χ3v) is 6.71. The van der Waals surface area contributed by atoms with Crippen molar-refractivity contribution in [1.29, 1.82) is 0 Å². The van der Waals surface area contributed by atoms with E-state index in [4.69, 9.17) is 9.47 Å². The van der Waals surface area contributed by atoms with Crippen molar-refractivity contribution in [2.45, 2.75) is 31.7 Å². The van der Waals surface area contributed by atoms with Gasteiger partial charge in [-0.15, -0.1) is 0 Å². The highest BCUT2D eigenvalue weighted by Crippen LogP contribution is 2.38. The minimum absolute atomic E-state index is 0.135. The number of benzene rings is 2. The van der Waals surface area contributed by atoms with Crippen LogP contribution in [-0.2, 0) is 16.4 Å². The first-order chi connectivity index (χ1) is 14.0. The predicted molar refractivity (Wildman–Crippen MR) is 115 cm³/mol. The molecule has 0 fully saturated rings. The molecule has 0 amide bonds. The Morgan fingerprint density at radius 1 is 1.17 bits per heavy atom. The van der Waals surface area contributed by atoms with Gasteiger partial charge >= 0.3 is 0 Å². The Kier molecular flexibility index (Phi) is 7.52. The molecule has 158 valence electrons. The molecule has 2 N–H and O–H groups in total. The Morgan fingerprint density at radius 3 is 2.69 bits per heavy atom. The Balaban J connectivity index is 1.69. The molecule has 0 saturated heterocycles. The number of ether oxygens (including phenoxy) is 2. The maximum absolute atomic E-state index is 11.7. The fraction of sp³-hybridized carbons (Fsp3) is 0.455. The highest BCUT2D eigenvalue weighted by molar-refractivity contribution is 7.89. The van der Waals surface area contributed by atoms with Crippen molar-refractivity contribution in [2.75, 3.05) is 32.6 Å². The molecule has 0 saturated carbocycles. The number of nitrogens with one attached hydrogen (secondary N) is 2. The molecule has 7 heteroatoms. The summed E-state index contributed by atoms with van der Waals surface area (Å²) in [5.74, 6) is 2.00. The van der Waals surface area contributed by atoms with Crippen LogP contribution in [-0.4, -0.2) is 47.0 Å². The second-order valence-electron chi connectivity index (χ2n) is 7.26. The van der Waals surface area contributed by atoms with Crippen molar-refractivity contribution in [3.63, 3.8) is 0 Å². The van der Waals surface area contributed by atoms with Crippen molar-refractivity contribution < 1.29 is 17.9 Å². The first-order valence-electron chi connectivity index (χ1n) is 10.1. The summed E-state index contributed by atoms with van der Waals surface area (Å²) in [5.41, 5.74) is 2.39. The zero-order valence-corrected chi connectivity index (χ0v) is 17.9. The van der Waals surface area contributed by atoms with Crippen LogP contribution in [0.5, 0.6) is 11.5 Å². The van der Waals surface area contributed by atoms with Crippen LogP contribution in [0.3, 0.4) is 0 Å². The van der Waals surface area contributed by atoms with Gasteiger partial charge in [0.15, 0.2) is 0 Å². The molecule has 0 unspecified atom stereocenters. The summed E-state index contributed by atoms with van der Waals surface area (Å²) < 4.78 is 37.8. The van der Waals surface area contributed by atoms with Gasteiger partial charge in [-0.25, -0.2) is 13.1 Å². The molecule has 0 aliphatic carbocycles. The number of rotatable bonds is 10. The van der Waals surface area contributed by atoms with E-state index < -0.39 is 10.0 Å². The number of hydrogen-bond donors (Lipinski definition) is 2. The Bertz CT molecular complexity index is 887. The number of likely N-dealkylation sites (N-methyl/N-ethyl adjacent to an activating group) is 1. The SMILES string of the molecule is CCCS(=O)(=O)NCCOc1ccc2c(c1)[C@@H](Cc1ccccc1)[C@@H](NC)CO2. The largest absolute Gasteiger partial charge is 0.492 e. The van der Waals surface area contributed by atoms with Crippen LogP contribution < -0.4 is 19.5 Å². The normalized spacial score (nSPS) is 18.7. The van der Waals surface area contributed by atoms with E-state index in [0.29, 0.717) is 13.0 Å². The predicted octanol–water partition coefficient (Wildman–Crippen LogP) is 2.70. The van der Waals surface area contributed by atoms with Gasteiger partial charge in [-0.3, -0.25) is 0 Å². The van der Waals surface area contributed by atoms with E-state index in [-0.39, 0.29) is 30.9 Å². The molecule has 3 rings (SSSR count).